The molecule has 0 saturated heterocycles. The Labute approximate surface area is 110 Å². The van der Waals surface area contributed by atoms with Gasteiger partial charge in [0.05, 0.1) is 18.2 Å². The number of hydrogen-bond donors (Lipinski definition) is 1. The molecule has 0 spiro atoms. The average molecular weight is 264 g/mol. The standard InChI is InChI=1S/C13H14ClN3O/c1-17-7-16-6-11(17)13-5-10(15)9-4-8(14)2-3-12(9)18-13/h2-4,6-7,10,13H,5,15H2,1H3. The summed E-state index contributed by atoms with van der Waals surface area (Å²) in [7, 11) is 1.95. The molecule has 0 bridgehead atoms. The van der Waals surface area contributed by atoms with Crippen molar-refractivity contribution in [3.8, 4) is 5.75 Å². The molecule has 2 N–H and O–H groups in total. The van der Waals surface area contributed by atoms with Crippen molar-refractivity contribution in [1.29, 1.82) is 0 Å². The second-order valence-electron chi connectivity index (χ2n) is 4.56. The monoisotopic (exact) mass is 263 g/mol. The lowest BCUT2D eigenvalue weighted by Gasteiger charge is -2.30. The largest absolute Gasteiger partial charge is 0.484 e. The zero-order valence-electron chi connectivity index (χ0n) is 10.0. The summed E-state index contributed by atoms with van der Waals surface area (Å²) in [6.07, 6.45) is 4.26. The highest BCUT2D eigenvalue weighted by Gasteiger charge is 2.28. The molecule has 2 unspecified atom stereocenters. The Bertz CT molecular complexity index is 581. The molecule has 2 heterocycles. The van der Waals surface area contributed by atoms with Gasteiger partial charge in [0, 0.05) is 30.1 Å². The molecule has 1 aromatic heterocycles. The summed E-state index contributed by atoms with van der Waals surface area (Å²) < 4.78 is 7.94. The number of benzene rings is 1. The van der Waals surface area contributed by atoms with E-state index in [1.807, 2.05) is 36.0 Å². The molecular weight excluding hydrogens is 250 g/mol. The van der Waals surface area contributed by atoms with Crippen LogP contribution in [0.25, 0.3) is 0 Å². The minimum Gasteiger partial charge on any atom is -0.484 e. The van der Waals surface area contributed by atoms with Gasteiger partial charge in [0.2, 0.25) is 0 Å². The van der Waals surface area contributed by atoms with Gasteiger partial charge >= 0.3 is 0 Å². The lowest BCUT2D eigenvalue weighted by molar-refractivity contribution is 0.154. The summed E-state index contributed by atoms with van der Waals surface area (Å²) in [5, 5.41) is 0.687. The molecule has 1 aliphatic heterocycles. The first-order valence-corrected chi connectivity index (χ1v) is 6.21. The van der Waals surface area contributed by atoms with Crippen LogP contribution in [0.15, 0.2) is 30.7 Å². The van der Waals surface area contributed by atoms with Crippen molar-refractivity contribution in [3.63, 3.8) is 0 Å². The third kappa shape index (κ3) is 1.87. The summed E-state index contributed by atoms with van der Waals surface area (Å²) in [5.41, 5.74) is 8.20. The lowest BCUT2D eigenvalue weighted by atomic mass is 9.96. The maximum absolute atomic E-state index is 6.19. The Balaban J connectivity index is 1.97. The summed E-state index contributed by atoms with van der Waals surface area (Å²) >= 11 is 5.98. The molecule has 0 radical (unpaired) electrons. The Hall–Kier alpha value is -1.52. The van der Waals surface area contributed by atoms with Crippen LogP contribution in [-0.4, -0.2) is 9.55 Å². The van der Waals surface area contributed by atoms with Crippen molar-refractivity contribution in [2.24, 2.45) is 12.8 Å². The van der Waals surface area contributed by atoms with E-state index in [1.165, 1.54) is 0 Å². The predicted octanol–water partition coefficient (Wildman–Crippen LogP) is 2.60. The van der Waals surface area contributed by atoms with Crippen molar-refractivity contribution < 1.29 is 4.74 Å². The van der Waals surface area contributed by atoms with E-state index < -0.39 is 0 Å². The molecule has 0 amide bonds. The lowest BCUT2D eigenvalue weighted by Crippen LogP contribution is -2.25. The summed E-state index contributed by atoms with van der Waals surface area (Å²) in [6.45, 7) is 0. The number of nitrogens with two attached hydrogens (primary N) is 1. The molecule has 0 fully saturated rings. The van der Waals surface area contributed by atoms with Gasteiger partial charge in [-0.1, -0.05) is 11.6 Å². The van der Waals surface area contributed by atoms with E-state index in [0.717, 1.165) is 23.4 Å². The third-order valence-electron chi connectivity index (χ3n) is 3.29. The van der Waals surface area contributed by atoms with Crippen molar-refractivity contribution in [2.75, 3.05) is 0 Å². The van der Waals surface area contributed by atoms with Crippen LogP contribution in [0.3, 0.4) is 0 Å². The Morgan fingerprint density at radius 1 is 1.50 bits per heavy atom. The van der Waals surface area contributed by atoms with Gasteiger partial charge in [-0.15, -0.1) is 0 Å². The van der Waals surface area contributed by atoms with Crippen LogP contribution < -0.4 is 10.5 Å². The molecule has 1 aromatic carbocycles. The molecule has 18 heavy (non-hydrogen) atoms. The van der Waals surface area contributed by atoms with Gasteiger partial charge in [-0.25, -0.2) is 4.98 Å². The molecule has 3 rings (SSSR count). The van der Waals surface area contributed by atoms with Crippen molar-refractivity contribution in [1.82, 2.24) is 9.55 Å². The molecule has 0 aliphatic carbocycles. The van der Waals surface area contributed by atoms with E-state index in [9.17, 15) is 0 Å². The van der Waals surface area contributed by atoms with Crippen LogP contribution in [0.5, 0.6) is 5.75 Å². The normalized spacial score (nSPS) is 22.4. The fraction of sp³-hybridized carbons (Fsp3) is 0.308. The molecular formula is C13H14ClN3O. The molecule has 2 aromatic rings. The summed E-state index contributed by atoms with van der Waals surface area (Å²) in [5.74, 6) is 0.810. The van der Waals surface area contributed by atoms with Crippen LogP contribution in [0.4, 0.5) is 0 Å². The number of halogens is 1. The number of hydrogen-bond acceptors (Lipinski definition) is 3. The van der Waals surface area contributed by atoms with Gasteiger partial charge < -0.3 is 15.0 Å². The first kappa shape index (κ1) is 11.6. The number of fused-ring (bicyclic) bond motifs is 1. The predicted molar refractivity (Wildman–Crippen MR) is 69.6 cm³/mol. The van der Waals surface area contributed by atoms with E-state index in [2.05, 4.69) is 4.98 Å². The highest BCUT2D eigenvalue weighted by molar-refractivity contribution is 6.30. The zero-order valence-corrected chi connectivity index (χ0v) is 10.8. The first-order valence-electron chi connectivity index (χ1n) is 5.83. The molecule has 4 nitrogen and oxygen atoms in total. The first-order chi connectivity index (χ1) is 8.65. The van der Waals surface area contributed by atoms with Gasteiger partial charge in [0.15, 0.2) is 0 Å². The SMILES string of the molecule is Cn1cncc1C1CC(N)c2cc(Cl)ccc2O1. The third-order valence-corrected chi connectivity index (χ3v) is 3.53. The van der Waals surface area contributed by atoms with Crippen LogP contribution in [0, 0.1) is 0 Å². The van der Waals surface area contributed by atoms with Gasteiger partial charge in [-0.05, 0) is 18.2 Å². The number of rotatable bonds is 1. The van der Waals surface area contributed by atoms with Crippen LogP contribution in [0.2, 0.25) is 5.02 Å². The quantitative estimate of drug-likeness (QED) is 0.860. The smallest absolute Gasteiger partial charge is 0.142 e. The van der Waals surface area contributed by atoms with E-state index in [1.54, 1.807) is 6.33 Å². The Morgan fingerprint density at radius 3 is 3.06 bits per heavy atom. The van der Waals surface area contributed by atoms with E-state index >= 15 is 0 Å². The Morgan fingerprint density at radius 2 is 2.33 bits per heavy atom. The van der Waals surface area contributed by atoms with E-state index in [4.69, 9.17) is 22.1 Å². The van der Waals surface area contributed by atoms with Crippen LogP contribution >= 0.6 is 11.6 Å². The Kier molecular flexibility index (Phi) is 2.76. The van der Waals surface area contributed by atoms with Gasteiger partial charge in [0.1, 0.15) is 11.9 Å². The molecule has 5 heteroatoms. The van der Waals surface area contributed by atoms with Crippen molar-refractivity contribution in [3.05, 3.63) is 47.0 Å². The van der Waals surface area contributed by atoms with Crippen molar-refractivity contribution in [2.45, 2.75) is 18.6 Å². The number of aromatic nitrogens is 2. The van der Waals surface area contributed by atoms with Crippen LogP contribution in [0.1, 0.15) is 29.8 Å². The fourth-order valence-electron chi connectivity index (χ4n) is 2.33. The minimum atomic E-state index is -0.0626. The highest BCUT2D eigenvalue weighted by atomic mass is 35.5. The number of nitrogens with zero attached hydrogens (tertiary/aromatic N) is 2. The molecule has 94 valence electrons. The number of ether oxygens (including phenoxy) is 1. The second kappa shape index (κ2) is 4.30. The van der Waals surface area contributed by atoms with Gasteiger partial charge in [-0.2, -0.15) is 0 Å². The minimum absolute atomic E-state index is 0.0545. The van der Waals surface area contributed by atoms with Crippen molar-refractivity contribution >= 4 is 11.6 Å². The van der Waals surface area contributed by atoms with E-state index in [0.29, 0.717) is 5.02 Å². The molecule has 2 atom stereocenters. The van der Waals surface area contributed by atoms with Crippen LogP contribution in [-0.2, 0) is 7.05 Å². The highest BCUT2D eigenvalue weighted by Crippen LogP contribution is 2.40. The summed E-state index contributed by atoms with van der Waals surface area (Å²) in [4.78, 5) is 4.11. The topological polar surface area (TPSA) is 53.1 Å². The van der Waals surface area contributed by atoms with Gasteiger partial charge in [-0.3, -0.25) is 0 Å². The average Bonchev–Trinajstić information content (AvgIpc) is 2.76. The fourth-order valence-corrected chi connectivity index (χ4v) is 2.51. The molecule has 1 aliphatic rings. The zero-order chi connectivity index (χ0) is 12.7. The summed E-state index contributed by atoms with van der Waals surface area (Å²) in [6, 6.07) is 5.51. The van der Waals surface area contributed by atoms with Gasteiger partial charge in [0.25, 0.3) is 0 Å². The number of imidazole rings is 1. The number of aryl methyl sites for hydroxylation is 1. The maximum atomic E-state index is 6.19. The molecule has 0 saturated carbocycles. The van der Waals surface area contributed by atoms with E-state index in [-0.39, 0.29) is 12.1 Å². The second-order valence-corrected chi connectivity index (χ2v) is 5.00. The maximum Gasteiger partial charge on any atom is 0.142 e.